The summed E-state index contributed by atoms with van der Waals surface area (Å²) in [6.45, 7) is 3.79. The number of benzene rings is 1. The number of nitrogens with one attached hydrogen (secondary N) is 1. The highest BCUT2D eigenvalue weighted by Gasteiger charge is 2.21. The van der Waals surface area contributed by atoms with E-state index in [0.717, 1.165) is 0 Å². The first kappa shape index (κ1) is 14.2. The molecular formula is C12H15N3O4S. The summed E-state index contributed by atoms with van der Waals surface area (Å²) in [7, 11) is -3.86. The van der Waals surface area contributed by atoms with E-state index in [-0.39, 0.29) is 16.5 Å². The van der Waals surface area contributed by atoms with Gasteiger partial charge in [0.2, 0.25) is 5.88 Å². The van der Waals surface area contributed by atoms with Gasteiger partial charge in [0.25, 0.3) is 10.0 Å². The molecule has 0 aliphatic carbocycles. The summed E-state index contributed by atoms with van der Waals surface area (Å²) in [6, 6.07) is 5.89. The third kappa shape index (κ3) is 3.02. The van der Waals surface area contributed by atoms with Gasteiger partial charge in [-0.2, -0.15) is 0 Å². The lowest BCUT2D eigenvalue weighted by Crippen LogP contribution is -2.14. The zero-order valence-corrected chi connectivity index (χ0v) is 11.9. The van der Waals surface area contributed by atoms with Crippen molar-refractivity contribution < 1.29 is 17.7 Å². The van der Waals surface area contributed by atoms with Gasteiger partial charge >= 0.3 is 0 Å². The predicted octanol–water partition coefficient (Wildman–Crippen LogP) is 1.76. The first-order valence-electron chi connectivity index (χ1n) is 5.91. The third-order valence-corrected chi connectivity index (χ3v) is 3.79. The zero-order chi connectivity index (χ0) is 14.8. The second-order valence-corrected chi connectivity index (χ2v) is 5.73. The van der Waals surface area contributed by atoms with Crippen molar-refractivity contribution in [2.45, 2.75) is 18.7 Å². The summed E-state index contributed by atoms with van der Waals surface area (Å²) in [5, 5.41) is 3.61. The van der Waals surface area contributed by atoms with Gasteiger partial charge in [-0.05, 0) is 32.0 Å². The number of anilines is 2. The molecular weight excluding hydrogens is 282 g/mol. The van der Waals surface area contributed by atoms with Gasteiger partial charge in [-0.15, -0.1) is 0 Å². The van der Waals surface area contributed by atoms with Crippen LogP contribution in [0.15, 0.2) is 33.7 Å². The van der Waals surface area contributed by atoms with Crippen LogP contribution in [0.2, 0.25) is 0 Å². The van der Waals surface area contributed by atoms with Crippen molar-refractivity contribution in [3.8, 4) is 5.75 Å². The van der Waals surface area contributed by atoms with E-state index in [2.05, 4.69) is 9.88 Å². The van der Waals surface area contributed by atoms with Gasteiger partial charge in [-0.3, -0.25) is 0 Å². The van der Waals surface area contributed by atoms with Gasteiger partial charge in [0, 0.05) is 11.8 Å². The first-order chi connectivity index (χ1) is 9.42. The largest absolute Gasteiger partial charge is 0.492 e. The number of aromatic nitrogens is 1. The molecule has 1 aromatic carbocycles. The summed E-state index contributed by atoms with van der Waals surface area (Å²) >= 11 is 0. The van der Waals surface area contributed by atoms with Crippen molar-refractivity contribution in [3.63, 3.8) is 0 Å². The minimum Gasteiger partial charge on any atom is -0.492 e. The van der Waals surface area contributed by atoms with E-state index >= 15 is 0 Å². The summed E-state index contributed by atoms with van der Waals surface area (Å²) < 4.78 is 37.1. The van der Waals surface area contributed by atoms with Gasteiger partial charge in [0.1, 0.15) is 10.6 Å². The minimum atomic E-state index is -3.86. The predicted molar refractivity (Wildman–Crippen MR) is 74.1 cm³/mol. The second-order valence-electron chi connectivity index (χ2n) is 4.08. The third-order valence-electron chi connectivity index (χ3n) is 2.42. The monoisotopic (exact) mass is 297 g/mol. The lowest BCUT2D eigenvalue weighted by Gasteiger charge is -2.11. The summed E-state index contributed by atoms with van der Waals surface area (Å²) in [4.78, 5) is -0.0478. The molecule has 0 amide bonds. The van der Waals surface area contributed by atoms with E-state index in [1.807, 2.05) is 0 Å². The van der Waals surface area contributed by atoms with Crippen LogP contribution in [0, 0.1) is 6.92 Å². The summed E-state index contributed by atoms with van der Waals surface area (Å²) in [6.07, 6.45) is 0. The summed E-state index contributed by atoms with van der Waals surface area (Å²) in [5.74, 6) is 0.262. The highest BCUT2D eigenvalue weighted by atomic mass is 32.2. The van der Waals surface area contributed by atoms with E-state index < -0.39 is 10.0 Å². The van der Waals surface area contributed by atoms with Crippen LogP contribution in [0.25, 0.3) is 0 Å². The van der Waals surface area contributed by atoms with Gasteiger partial charge in [0.05, 0.1) is 12.3 Å². The molecule has 1 aromatic heterocycles. The van der Waals surface area contributed by atoms with Gasteiger partial charge in [0.15, 0.2) is 0 Å². The van der Waals surface area contributed by atoms with Crippen molar-refractivity contribution in [2.75, 3.05) is 17.1 Å². The Morgan fingerprint density at radius 2 is 2.15 bits per heavy atom. The number of ether oxygens (including phenoxy) is 1. The number of nitrogen functional groups attached to an aromatic ring is 1. The molecule has 0 radical (unpaired) electrons. The molecule has 0 atom stereocenters. The fraction of sp³-hybridized carbons (Fsp3) is 0.250. The van der Waals surface area contributed by atoms with Gasteiger partial charge in [-0.25, -0.2) is 13.1 Å². The summed E-state index contributed by atoms with van der Waals surface area (Å²) in [5.41, 5.74) is 6.53. The van der Waals surface area contributed by atoms with Crippen LogP contribution in [0.3, 0.4) is 0 Å². The number of hydrogen-bond donors (Lipinski definition) is 2. The van der Waals surface area contributed by atoms with E-state index in [1.165, 1.54) is 18.2 Å². The SMILES string of the molecule is CCOc1ccc(N)cc1S(=O)(=O)Nc1cc(C)no1. The Morgan fingerprint density at radius 1 is 1.40 bits per heavy atom. The van der Waals surface area contributed by atoms with Crippen LogP contribution < -0.4 is 15.2 Å². The minimum absolute atomic E-state index is 0.0346. The maximum absolute atomic E-state index is 12.3. The molecule has 0 saturated carbocycles. The van der Waals surface area contributed by atoms with Crippen molar-refractivity contribution in [2.24, 2.45) is 0 Å². The van der Waals surface area contributed by atoms with Crippen molar-refractivity contribution in [3.05, 3.63) is 30.0 Å². The molecule has 1 heterocycles. The Bertz CT molecular complexity index is 709. The number of nitrogens with two attached hydrogens (primary N) is 1. The normalized spacial score (nSPS) is 11.3. The Morgan fingerprint density at radius 3 is 2.75 bits per heavy atom. The van der Waals surface area contributed by atoms with Crippen molar-refractivity contribution in [1.29, 1.82) is 0 Å². The topological polar surface area (TPSA) is 107 Å². The molecule has 0 saturated heterocycles. The fourth-order valence-corrected chi connectivity index (χ4v) is 2.76. The Balaban J connectivity index is 2.40. The van der Waals surface area contributed by atoms with Crippen molar-refractivity contribution >= 4 is 21.6 Å². The highest BCUT2D eigenvalue weighted by molar-refractivity contribution is 7.92. The van der Waals surface area contributed by atoms with E-state index in [0.29, 0.717) is 18.0 Å². The van der Waals surface area contributed by atoms with Crippen LogP contribution in [0.1, 0.15) is 12.6 Å². The molecule has 20 heavy (non-hydrogen) atoms. The maximum atomic E-state index is 12.3. The van der Waals surface area contributed by atoms with Gasteiger partial charge in [-0.1, -0.05) is 5.16 Å². The molecule has 7 nitrogen and oxygen atoms in total. The molecule has 0 aliphatic heterocycles. The standard InChI is InChI=1S/C12H15N3O4S/c1-3-18-10-5-4-9(13)7-11(10)20(16,17)15-12-6-8(2)14-19-12/h4-7,15H,3,13H2,1-2H3. The molecule has 0 unspecified atom stereocenters. The Hall–Kier alpha value is -2.22. The van der Waals surface area contributed by atoms with E-state index in [1.54, 1.807) is 19.9 Å². The quantitative estimate of drug-likeness (QED) is 0.814. The lowest BCUT2D eigenvalue weighted by atomic mass is 10.3. The molecule has 0 bridgehead atoms. The molecule has 2 rings (SSSR count). The Kier molecular flexibility index (Phi) is 3.84. The number of sulfonamides is 1. The van der Waals surface area contributed by atoms with Crippen LogP contribution in [0.5, 0.6) is 5.75 Å². The first-order valence-corrected chi connectivity index (χ1v) is 7.39. The number of nitrogens with zero attached hydrogens (tertiary/aromatic N) is 1. The second kappa shape index (κ2) is 5.41. The van der Waals surface area contributed by atoms with Crippen LogP contribution >= 0.6 is 0 Å². The van der Waals surface area contributed by atoms with Crippen molar-refractivity contribution in [1.82, 2.24) is 5.16 Å². The highest BCUT2D eigenvalue weighted by Crippen LogP contribution is 2.28. The Labute approximate surface area is 116 Å². The fourth-order valence-electron chi connectivity index (χ4n) is 1.61. The molecule has 2 aromatic rings. The van der Waals surface area contributed by atoms with Crippen LogP contribution in [-0.4, -0.2) is 20.2 Å². The molecule has 8 heteroatoms. The molecule has 0 aliphatic rings. The number of rotatable bonds is 5. The molecule has 3 N–H and O–H groups in total. The zero-order valence-electron chi connectivity index (χ0n) is 11.1. The van der Waals surface area contributed by atoms with Crippen LogP contribution in [0.4, 0.5) is 11.6 Å². The lowest BCUT2D eigenvalue weighted by molar-refractivity contribution is 0.331. The molecule has 0 fully saturated rings. The van der Waals surface area contributed by atoms with Gasteiger partial charge < -0.3 is 15.0 Å². The average Bonchev–Trinajstić information content (AvgIpc) is 2.76. The van der Waals surface area contributed by atoms with Crippen LogP contribution in [-0.2, 0) is 10.0 Å². The molecule has 0 spiro atoms. The number of aryl methyl sites for hydroxylation is 1. The smallest absolute Gasteiger partial charge is 0.268 e. The average molecular weight is 297 g/mol. The number of hydrogen-bond acceptors (Lipinski definition) is 6. The van der Waals surface area contributed by atoms with E-state index in [4.69, 9.17) is 15.0 Å². The molecule has 108 valence electrons. The van der Waals surface area contributed by atoms with E-state index in [9.17, 15) is 8.42 Å². The maximum Gasteiger partial charge on any atom is 0.268 e.